The fourth-order valence-electron chi connectivity index (χ4n) is 2.47. The molecule has 3 rings (SSSR count). The fraction of sp³-hybridized carbons (Fsp3) is 0.462. The maximum Gasteiger partial charge on any atom is 0.271 e. The van der Waals surface area contributed by atoms with Crippen LogP contribution in [-0.2, 0) is 11.3 Å². The van der Waals surface area contributed by atoms with Crippen LogP contribution >= 0.6 is 0 Å². The van der Waals surface area contributed by atoms with E-state index in [-0.39, 0.29) is 5.69 Å². The third-order valence-corrected chi connectivity index (χ3v) is 3.74. The van der Waals surface area contributed by atoms with Gasteiger partial charge in [-0.05, 0) is 30.0 Å². The van der Waals surface area contributed by atoms with E-state index in [4.69, 9.17) is 4.74 Å². The Labute approximate surface area is 126 Å². The number of nitrogens with zero attached hydrogens (tertiary/aromatic N) is 6. The summed E-state index contributed by atoms with van der Waals surface area (Å²) in [6.07, 6.45) is 0.981. The highest BCUT2D eigenvalue weighted by atomic mass is 16.6. The smallest absolute Gasteiger partial charge is 0.271 e. The molecule has 2 aromatic rings. The highest BCUT2D eigenvalue weighted by Gasteiger charge is 2.22. The number of non-ortho nitro benzene ring substituents is 1. The van der Waals surface area contributed by atoms with Gasteiger partial charge in [0.25, 0.3) is 5.69 Å². The van der Waals surface area contributed by atoms with Crippen molar-refractivity contribution in [3.8, 4) is 5.69 Å². The summed E-state index contributed by atoms with van der Waals surface area (Å²) in [5.74, 6) is 0.634. The molecule has 0 saturated carbocycles. The van der Waals surface area contributed by atoms with Crippen LogP contribution in [0.3, 0.4) is 0 Å². The summed E-state index contributed by atoms with van der Waals surface area (Å²) in [5.41, 5.74) is 0.585. The first kappa shape index (κ1) is 14.5. The number of benzene rings is 1. The fourth-order valence-corrected chi connectivity index (χ4v) is 2.47. The van der Waals surface area contributed by atoms with Gasteiger partial charge in [0.2, 0.25) is 0 Å². The van der Waals surface area contributed by atoms with Crippen LogP contribution in [0.4, 0.5) is 5.69 Å². The van der Waals surface area contributed by atoms with E-state index < -0.39 is 4.92 Å². The molecule has 116 valence electrons. The van der Waals surface area contributed by atoms with Crippen LogP contribution in [0.25, 0.3) is 5.69 Å². The van der Waals surface area contributed by atoms with Crippen molar-refractivity contribution in [1.29, 1.82) is 0 Å². The molecule has 0 aliphatic carbocycles. The molecule has 1 aromatic heterocycles. The number of aromatic nitrogens is 4. The number of hydrogen-bond acceptors (Lipinski definition) is 7. The van der Waals surface area contributed by atoms with Gasteiger partial charge in [0.15, 0.2) is 5.82 Å². The summed E-state index contributed by atoms with van der Waals surface area (Å²) < 4.78 is 6.91. The quantitative estimate of drug-likeness (QED) is 0.594. The Morgan fingerprint density at radius 1 is 1.55 bits per heavy atom. The van der Waals surface area contributed by atoms with E-state index >= 15 is 0 Å². The first-order chi connectivity index (χ1) is 10.6. The van der Waals surface area contributed by atoms with E-state index in [9.17, 15) is 10.1 Å². The number of nitro benzene ring substituents is 1. The molecular weight excluding hydrogens is 288 g/mol. The lowest BCUT2D eigenvalue weighted by atomic mass is 10.2. The summed E-state index contributed by atoms with van der Waals surface area (Å²) in [6.45, 7) is 2.02. The number of nitro groups is 1. The van der Waals surface area contributed by atoms with Crippen LogP contribution in [0.2, 0.25) is 0 Å². The van der Waals surface area contributed by atoms with Gasteiger partial charge < -0.3 is 4.74 Å². The van der Waals surface area contributed by atoms with Crippen molar-refractivity contribution in [1.82, 2.24) is 25.1 Å². The Hall–Kier alpha value is -2.39. The molecule has 1 aliphatic rings. The molecule has 9 heteroatoms. The molecule has 1 fully saturated rings. The van der Waals surface area contributed by atoms with Gasteiger partial charge in [-0.3, -0.25) is 15.0 Å². The van der Waals surface area contributed by atoms with Crippen molar-refractivity contribution in [2.24, 2.45) is 0 Å². The minimum atomic E-state index is -0.435. The highest BCUT2D eigenvalue weighted by Crippen LogP contribution is 2.18. The molecule has 0 N–H and O–H groups in total. The number of tetrazole rings is 1. The summed E-state index contributed by atoms with van der Waals surface area (Å²) in [6, 6.07) is 6.60. The summed E-state index contributed by atoms with van der Waals surface area (Å²) in [7, 11) is 1.99. The summed E-state index contributed by atoms with van der Waals surface area (Å²) in [4.78, 5) is 12.6. The topological polar surface area (TPSA) is 99.2 Å². The molecular formula is C13H16N6O3. The SMILES string of the molecule is CN(Cc1nnnn1-c1cccc([N+](=O)[O-])c1)C1CCOC1. The number of likely N-dealkylation sites (N-methyl/N-ethyl adjacent to an activating group) is 1. The zero-order valence-electron chi connectivity index (χ0n) is 12.1. The minimum absolute atomic E-state index is 0.0106. The summed E-state index contributed by atoms with van der Waals surface area (Å²) in [5, 5.41) is 22.5. The lowest BCUT2D eigenvalue weighted by Gasteiger charge is -2.21. The second-order valence-corrected chi connectivity index (χ2v) is 5.22. The number of rotatable bonds is 5. The zero-order chi connectivity index (χ0) is 15.5. The molecule has 1 atom stereocenters. The van der Waals surface area contributed by atoms with Crippen LogP contribution in [0.5, 0.6) is 0 Å². The van der Waals surface area contributed by atoms with Crippen molar-refractivity contribution in [2.45, 2.75) is 19.0 Å². The molecule has 9 nitrogen and oxygen atoms in total. The molecule has 1 saturated heterocycles. The molecule has 1 aliphatic heterocycles. The predicted molar refractivity (Wildman–Crippen MR) is 76.5 cm³/mol. The Balaban J connectivity index is 1.82. The maximum absolute atomic E-state index is 10.9. The van der Waals surface area contributed by atoms with Crippen molar-refractivity contribution < 1.29 is 9.66 Å². The first-order valence-electron chi connectivity index (χ1n) is 6.95. The Morgan fingerprint density at radius 3 is 3.14 bits per heavy atom. The van der Waals surface area contributed by atoms with Crippen molar-refractivity contribution >= 4 is 5.69 Å². The maximum atomic E-state index is 10.9. The Kier molecular flexibility index (Phi) is 4.07. The molecule has 0 spiro atoms. The average Bonchev–Trinajstić information content (AvgIpc) is 3.18. The molecule has 1 unspecified atom stereocenters. The van der Waals surface area contributed by atoms with Gasteiger partial charge in [-0.2, -0.15) is 4.68 Å². The zero-order valence-corrected chi connectivity index (χ0v) is 12.1. The molecule has 0 bridgehead atoms. The van der Waals surface area contributed by atoms with Gasteiger partial charge in [-0.1, -0.05) is 6.07 Å². The second kappa shape index (κ2) is 6.16. The largest absolute Gasteiger partial charge is 0.380 e. The third-order valence-electron chi connectivity index (χ3n) is 3.74. The predicted octanol–water partition coefficient (Wildman–Crippen LogP) is 0.791. The van der Waals surface area contributed by atoms with E-state index in [1.807, 2.05) is 7.05 Å². The molecule has 22 heavy (non-hydrogen) atoms. The molecule has 0 radical (unpaired) electrons. The lowest BCUT2D eigenvalue weighted by Crippen LogP contribution is -2.32. The molecule has 1 aromatic carbocycles. The number of hydrogen-bond donors (Lipinski definition) is 0. The van der Waals surface area contributed by atoms with Crippen LogP contribution in [-0.4, -0.2) is 56.3 Å². The van der Waals surface area contributed by atoms with Crippen molar-refractivity contribution in [2.75, 3.05) is 20.3 Å². The first-order valence-corrected chi connectivity index (χ1v) is 6.95. The second-order valence-electron chi connectivity index (χ2n) is 5.22. The van der Waals surface area contributed by atoms with Crippen LogP contribution in [0.1, 0.15) is 12.2 Å². The Bertz CT molecular complexity index is 667. The van der Waals surface area contributed by atoms with E-state index in [1.165, 1.54) is 16.8 Å². The summed E-state index contributed by atoms with van der Waals surface area (Å²) >= 11 is 0. The van der Waals surface area contributed by atoms with Crippen molar-refractivity contribution in [3.63, 3.8) is 0 Å². The molecule has 0 amide bonds. The van der Waals surface area contributed by atoms with Gasteiger partial charge in [-0.25, -0.2) is 0 Å². The van der Waals surface area contributed by atoms with E-state index in [0.29, 0.717) is 30.7 Å². The highest BCUT2D eigenvalue weighted by molar-refractivity contribution is 5.42. The number of ether oxygens (including phenoxy) is 1. The van der Waals surface area contributed by atoms with E-state index in [1.54, 1.807) is 12.1 Å². The van der Waals surface area contributed by atoms with Gasteiger partial charge in [-0.15, -0.1) is 5.10 Å². The van der Waals surface area contributed by atoms with Crippen LogP contribution in [0.15, 0.2) is 24.3 Å². The van der Waals surface area contributed by atoms with E-state index in [0.717, 1.165) is 13.0 Å². The lowest BCUT2D eigenvalue weighted by molar-refractivity contribution is -0.384. The standard InChI is InChI=1S/C13H16N6O3/c1-17(12-5-6-22-9-12)8-13-14-15-16-18(13)10-3-2-4-11(7-10)19(20)21/h2-4,7,12H,5-6,8-9H2,1H3. The van der Waals surface area contributed by atoms with Crippen LogP contribution in [0, 0.1) is 10.1 Å². The third kappa shape index (κ3) is 2.95. The normalized spacial score (nSPS) is 18.0. The van der Waals surface area contributed by atoms with Gasteiger partial charge in [0, 0.05) is 24.8 Å². The van der Waals surface area contributed by atoms with Crippen molar-refractivity contribution in [3.05, 3.63) is 40.2 Å². The minimum Gasteiger partial charge on any atom is -0.380 e. The molecule has 2 heterocycles. The average molecular weight is 304 g/mol. The van der Waals surface area contributed by atoms with E-state index in [2.05, 4.69) is 20.4 Å². The van der Waals surface area contributed by atoms with Crippen LogP contribution < -0.4 is 0 Å². The van der Waals surface area contributed by atoms with Gasteiger partial charge in [0.1, 0.15) is 0 Å². The van der Waals surface area contributed by atoms with Gasteiger partial charge in [0.05, 0.1) is 23.8 Å². The monoisotopic (exact) mass is 304 g/mol. The van der Waals surface area contributed by atoms with Gasteiger partial charge >= 0.3 is 0 Å². The Morgan fingerprint density at radius 2 is 2.41 bits per heavy atom.